The molecule has 1 aromatic heterocycles. The van der Waals surface area contributed by atoms with Crippen LogP contribution in [0, 0.1) is 56.7 Å². The van der Waals surface area contributed by atoms with Crippen LogP contribution >= 0.6 is 0 Å². The maximum atomic E-state index is 13.0. The number of rotatable bonds is 4. The standard InChI is InChI=1S/C37H50N4O2/c1-22(2)25-13-18-37(32(42)43)20-19-35(6)27(30(25)37)11-12-29-34(5)16-14-26(33(3,4)28(34)15-17-36(29,35)7)23-9-8-10-24(21-23)31-38-40-41-39-31/h8-10,14,21,25,27-30H,1,11-13,15-20H2,2-7H3,(H,42,43)(H,38,39,40,41)/t25-,27+,28-,29?,30?,34-,35+,36+,37-/m0/s1. The van der Waals surface area contributed by atoms with Crippen LogP contribution in [0.3, 0.4) is 0 Å². The molecule has 0 radical (unpaired) electrons. The van der Waals surface area contributed by atoms with Gasteiger partial charge in [0.2, 0.25) is 5.82 Å². The van der Waals surface area contributed by atoms with Crippen LogP contribution in [0.4, 0.5) is 0 Å². The number of nitrogens with one attached hydrogen (secondary N) is 1. The van der Waals surface area contributed by atoms with Gasteiger partial charge in [0.15, 0.2) is 0 Å². The number of hydrogen-bond donors (Lipinski definition) is 2. The van der Waals surface area contributed by atoms with Crippen LogP contribution in [0.15, 0.2) is 42.5 Å². The third-order valence-electron chi connectivity index (χ3n) is 14.8. The number of carboxylic acids is 1. The van der Waals surface area contributed by atoms with E-state index in [1.54, 1.807) is 0 Å². The van der Waals surface area contributed by atoms with E-state index in [1.807, 2.05) is 0 Å². The number of aromatic amines is 1. The van der Waals surface area contributed by atoms with Crippen molar-refractivity contribution in [2.75, 3.05) is 0 Å². The number of aliphatic carboxylic acids is 1. The Labute approximate surface area is 257 Å². The monoisotopic (exact) mass is 582 g/mol. The van der Waals surface area contributed by atoms with Crippen molar-refractivity contribution in [2.24, 2.45) is 56.7 Å². The molecule has 43 heavy (non-hydrogen) atoms. The number of nitrogens with zero attached hydrogens (tertiary/aromatic N) is 3. The van der Waals surface area contributed by atoms with Crippen molar-refractivity contribution in [2.45, 2.75) is 99.3 Å². The van der Waals surface area contributed by atoms with Crippen molar-refractivity contribution in [3.63, 3.8) is 0 Å². The number of hydrogen-bond acceptors (Lipinski definition) is 4. The van der Waals surface area contributed by atoms with Gasteiger partial charge < -0.3 is 5.11 Å². The largest absolute Gasteiger partial charge is 0.481 e. The number of allylic oxidation sites excluding steroid dienone is 3. The minimum absolute atomic E-state index is 0.0312. The predicted octanol–water partition coefficient (Wildman–Crippen LogP) is 8.60. The highest BCUT2D eigenvalue weighted by molar-refractivity contribution is 5.76. The molecule has 0 bridgehead atoms. The summed E-state index contributed by atoms with van der Waals surface area (Å²) in [6.07, 6.45) is 12.2. The average molecular weight is 583 g/mol. The molecule has 1 heterocycles. The maximum absolute atomic E-state index is 13.0. The van der Waals surface area contributed by atoms with Crippen LogP contribution in [0.2, 0.25) is 0 Å². The molecule has 5 aliphatic rings. The van der Waals surface area contributed by atoms with Gasteiger partial charge in [0.25, 0.3) is 0 Å². The van der Waals surface area contributed by atoms with E-state index in [-0.39, 0.29) is 27.6 Å². The van der Waals surface area contributed by atoms with E-state index >= 15 is 0 Å². The van der Waals surface area contributed by atoms with E-state index in [9.17, 15) is 9.90 Å². The summed E-state index contributed by atoms with van der Waals surface area (Å²) in [4.78, 5) is 13.0. The Morgan fingerprint density at radius 2 is 1.72 bits per heavy atom. The molecule has 9 atom stereocenters. The quantitative estimate of drug-likeness (QED) is 0.352. The molecule has 4 saturated carbocycles. The zero-order chi connectivity index (χ0) is 30.6. The van der Waals surface area contributed by atoms with Crippen LogP contribution < -0.4 is 0 Å². The Hall–Kier alpha value is -2.76. The van der Waals surface area contributed by atoms with Gasteiger partial charge in [-0.1, -0.05) is 71.0 Å². The molecule has 230 valence electrons. The fourth-order valence-electron chi connectivity index (χ4n) is 12.7. The zero-order valence-corrected chi connectivity index (χ0v) is 27.0. The molecule has 2 aromatic rings. The Morgan fingerprint density at radius 3 is 2.42 bits per heavy atom. The lowest BCUT2D eigenvalue weighted by Gasteiger charge is -2.72. The molecular formula is C37H50N4O2. The molecule has 6 nitrogen and oxygen atoms in total. The van der Waals surface area contributed by atoms with Gasteiger partial charge >= 0.3 is 5.97 Å². The second kappa shape index (κ2) is 9.37. The molecule has 0 amide bonds. The number of tetrazole rings is 1. The molecule has 6 heteroatoms. The van der Waals surface area contributed by atoms with Gasteiger partial charge in [0.05, 0.1) is 5.41 Å². The molecule has 0 saturated heterocycles. The van der Waals surface area contributed by atoms with E-state index in [0.717, 1.165) is 44.1 Å². The molecule has 0 spiro atoms. The third kappa shape index (κ3) is 3.70. The van der Waals surface area contributed by atoms with Crippen LogP contribution in [0.5, 0.6) is 0 Å². The normalized spacial score (nSPS) is 43.0. The fraction of sp³-hybridized carbons (Fsp3) is 0.676. The Kier molecular flexibility index (Phi) is 6.32. The molecule has 0 aliphatic heterocycles. The maximum Gasteiger partial charge on any atom is 0.309 e. The van der Waals surface area contributed by atoms with Gasteiger partial charge in [-0.2, -0.15) is 5.21 Å². The highest BCUT2D eigenvalue weighted by Crippen LogP contribution is 2.77. The molecule has 5 aliphatic carbocycles. The lowest BCUT2D eigenvalue weighted by atomic mass is 9.32. The molecule has 7 rings (SSSR count). The minimum Gasteiger partial charge on any atom is -0.481 e. The topological polar surface area (TPSA) is 91.8 Å². The van der Waals surface area contributed by atoms with Crippen molar-refractivity contribution < 1.29 is 9.90 Å². The SMILES string of the molecule is C=C(C)[C@@H]1CC[C@]2(C(=O)O)CC[C@]3(C)[C@H](CCC4[C@@]5(C)CC=C(c6cccc(-c7nn[nH]n7)c6)C(C)(C)[C@@H]5CC[C@]43C)C12. The molecular weight excluding hydrogens is 532 g/mol. The molecule has 2 unspecified atom stereocenters. The summed E-state index contributed by atoms with van der Waals surface area (Å²) < 4.78 is 0. The lowest BCUT2D eigenvalue weighted by molar-refractivity contribution is -0.227. The first-order valence-electron chi connectivity index (χ1n) is 16.7. The van der Waals surface area contributed by atoms with E-state index in [0.29, 0.717) is 29.5 Å². The van der Waals surface area contributed by atoms with E-state index in [1.165, 1.54) is 36.0 Å². The zero-order valence-electron chi connectivity index (χ0n) is 27.0. The first kappa shape index (κ1) is 29.0. The predicted molar refractivity (Wildman–Crippen MR) is 170 cm³/mol. The number of fused-ring (bicyclic) bond motifs is 7. The Morgan fingerprint density at radius 1 is 0.953 bits per heavy atom. The first-order valence-corrected chi connectivity index (χ1v) is 16.7. The highest BCUT2D eigenvalue weighted by Gasteiger charge is 2.71. The van der Waals surface area contributed by atoms with Gasteiger partial charge in [-0.25, -0.2) is 0 Å². The summed E-state index contributed by atoms with van der Waals surface area (Å²) in [6.45, 7) is 19.4. The summed E-state index contributed by atoms with van der Waals surface area (Å²) in [7, 11) is 0. The molecule has 4 fully saturated rings. The lowest BCUT2D eigenvalue weighted by Crippen LogP contribution is -2.65. The number of H-pyrrole nitrogens is 1. The Bertz CT molecular complexity index is 1490. The summed E-state index contributed by atoms with van der Waals surface area (Å²) in [5.74, 6) is 2.34. The minimum atomic E-state index is -0.557. The number of carbonyl (C=O) groups is 1. The summed E-state index contributed by atoms with van der Waals surface area (Å²) in [5.41, 5.74) is 4.95. The summed E-state index contributed by atoms with van der Waals surface area (Å²) in [5, 5.41) is 25.5. The van der Waals surface area contributed by atoms with Gasteiger partial charge in [0, 0.05) is 5.56 Å². The van der Waals surface area contributed by atoms with E-state index in [4.69, 9.17) is 0 Å². The highest BCUT2D eigenvalue weighted by atomic mass is 16.4. The second-order valence-electron chi connectivity index (χ2n) is 16.5. The number of aromatic nitrogens is 4. The smallest absolute Gasteiger partial charge is 0.309 e. The third-order valence-corrected chi connectivity index (χ3v) is 14.8. The van der Waals surface area contributed by atoms with Crippen molar-refractivity contribution in [1.82, 2.24) is 20.6 Å². The van der Waals surface area contributed by atoms with Crippen molar-refractivity contribution in [3.8, 4) is 11.4 Å². The fourth-order valence-corrected chi connectivity index (χ4v) is 12.7. The summed E-state index contributed by atoms with van der Waals surface area (Å²) >= 11 is 0. The van der Waals surface area contributed by atoms with Crippen molar-refractivity contribution in [3.05, 3.63) is 48.1 Å². The van der Waals surface area contributed by atoms with Crippen LogP contribution in [0.25, 0.3) is 17.0 Å². The van der Waals surface area contributed by atoms with Gasteiger partial charge in [-0.05, 0) is 138 Å². The molecule has 2 N–H and O–H groups in total. The van der Waals surface area contributed by atoms with Gasteiger partial charge in [-0.15, -0.1) is 10.2 Å². The van der Waals surface area contributed by atoms with Crippen LogP contribution in [-0.2, 0) is 4.79 Å². The average Bonchev–Trinajstić information content (AvgIpc) is 3.63. The van der Waals surface area contributed by atoms with Crippen molar-refractivity contribution in [1.29, 1.82) is 0 Å². The van der Waals surface area contributed by atoms with Gasteiger partial charge in [0.1, 0.15) is 0 Å². The summed E-state index contributed by atoms with van der Waals surface area (Å²) in [6, 6.07) is 8.66. The Balaban J connectivity index is 1.25. The van der Waals surface area contributed by atoms with Crippen LogP contribution in [0.1, 0.15) is 105 Å². The van der Waals surface area contributed by atoms with E-state index in [2.05, 4.69) is 99.1 Å². The second-order valence-corrected chi connectivity index (χ2v) is 16.5. The molecule has 1 aromatic carbocycles. The van der Waals surface area contributed by atoms with E-state index < -0.39 is 11.4 Å². The van der Waals surface area contributed by atoms with Crippen LogP contribution in [-0.4, -0.2) is 31.7 Å². The van der Waals surface area contributed by atoms with Gasteiger partial charge in [-0.3, -0.25) is 4.79 Å². The first-order chi connectivity index (χ1) is 20.3. The number of benzene rings is 1. The van der Waals surface area contributed by atoms with Crippen molar-refractivity contribution >= 4 is 11.5 Å². The number of carboxylic acid groups (broad SMARTS) is 1.